The number of nitrogen functional groups attached to an aromatic ring is 1. The standard InChI is InChI=1S/C23H18N6O2/c1-29-20(15-3-7-16(30)8-4-15)18(19-21(24)27-13-28-22(19)29)14-5-9-17(10-6-14)31-23-25-11-2-12-26-23/h2-13,30H,1H3,(H2,24,27,28). The summed E-state index contributed by atoms with van der Waals surface area (Å²) in [6.07, 6.45) is 4.71. The highest BCUT2D eigenvalue weighted by Gasteiger charge is 2.21. The van der Waals surface area contributed by atoms with Crippen molar-refractivity contribution in [3.8, 4) is 39.9 Å². The third-order valence-corrected chi connectivity index (χ3v) is 5.03. The molecule has 0 saturated heterocycles. The predicted octanol–water partition coefficient (Wildman–Crippen LogP) is 4.17. The van der Waals surface area contributed by atoms with Crippen molar-refractivity contribution in [3.63, 3.8) is 0 Å². The molecule has 3 N–H and O–H groups in total. The molecule has 0 aliphatic carbocycles. The highest BCUT2D eigenvalue weighted by atomic mass is 16.5. The van der Waals surface area contributed by atoms with E-state index in [4.69, 9.17) is 10.5 Å². The number of phenolic OH excluding ortho intramolecular Hbond substituents is 1. The Bertz CT molecular complexity index is 1360. The molecule has 0 aliphatic rings. The lowest BCUT2D eigenvalue weighted by atomic mass is 9.98. The van der Waals surface area contributed by atoms with Crippen molar-refractivity contribution >= 4 is 16.9 Å². The zero-order valence-electron chi connectivity index (χ0n) is 16.6. The van der Waals surface area contributed by atoms with Gasteiger partial charge in [-0.25, -0.2) is 19.9 Å². The number of phenols is 1. The molecule has 8 heteroatoms. The number of rotatable bonds is 4. The fourth-order valence-corrected chi connectivity index (χ4v) is 3.65. The Kier molecular flexibility index (Phi) is 4.44. The number of benzene rings is 2. The van der Waals surface area contributed by atoms with E-state index in [1.54, 1.807) is 30.6 Å². The van der Waals surface area contributed by atoms with Crippen molar-refractivity contribution in [2.45, 2.75) is 0 Å². The van der Waals surface area contributed by atoms with Crippen molar-refractivity contribution in [2.24, 2.45) is 7.05 Å². The quantitative estimate of drug-likeness (QED) is 0.457. The average molecular weight is 410 g/mol. The number of ether oxygens (including phenoxy) is 1. The summed E-state index contributed by atoms with van der Waals surface area (Å²) in [5, 5.41) is 10.5. The maximum Gasteiger partial charge on any atom is 0.321 e. The Morgan fingerprint density at radius 2 is 1.55 bits per heavy atom. The minimum Gasteiger partial charge on any atom is -0.508 e. The second-order valence-corrected chi connectivity index (χ2v) is 6.94. The van der Waals surface area contributed by atoms with Crippen LogP contribution in [0.3, 0.4) is 0 Å². The first-order valence-electron chi connectivity index (χ1n) is 9.55. The molecule has 0 spiro atoms. The molecule has 3 aromatic heterocycles. The maximum atomic E-state index is 9.72. The summed E-state index contributed by atoms with van der Waals surface area (Å²) in [5.74, 6) is 1.22. The van der Waals surface area contributed by atoms with Crippen LogP contribution < -0.4 is 10.5 Å². The molecule has 0 aliphatic heterocycles. The normalized spacial score (nSPS) is 11.0. The highest BCUT2D eigenvalue weighted by molar-refractivity contribution is 6.07. The Morgan fingerprint density at radius 1 is 0.871 bits per heavy atom. The van der Waals surface area contributed by atoms with Gasteiger partial charge in [0, 0.05) is 25.0 Å². The van der Waals surface area contributed by atoms with Gasteiger partial charge in [0.1, 0.15) is 29.3 Å². The Morgan fingerprint density at radius 3 is 2.26 bits per heavy atom. The molecule has 31 heavy (non-hydrogen) atoms. The van der Waals surface area contributed by atoms with Gasteiger partial charge in [0.15, 0.2) is 0 Å². The smallest absolute Gasteiger partial charge is 0.321 e. The summed E-state index contributed by atoms with van der Waals surface area (Å²) in [4.78, 5) is 16.8. The first-order chi connectivity index (χ1) is 15.1. The number of aromatic nitrogens is 5. The molecule has 152 valence electrons. The van der Waals surface area contributed by atoms with Crippen LogP contribution in [-0.4, -0.2) is 29.6 Å². The lowest BCUT2D eigenvalue weighted by Gasteiger charge is -2.10. The second kappa shape index (κ2) is 7.42. The molecule has 8 nitrogen and oxygen atoms in total. The van der Waals surface area contributed by atoms with E-state index in [9.17, 15) is 5.11 Å². The van der Waals surface area contributed by atoms with Crippen molar-refractivity contribution in [1.29, 1.82) is 0 Å². The van der Waals surface area contributed by atoms with Gasteiger partial charge in [0.05, 0.1) is 11.1 Å². The average Bonchev–Trinajstić information content (AvgIpc) is 3.09. The monoisotopic (exact) mass is 410 g/mol. The number of hydrogen-bond acceptors (Lipinski definition) is 7. The number of nitrogens with two attached hydrogens (primary N) is 1. The zero-order valence-corrected chi connectivity index (χ0v) is 16.6. The van der Waals surface area contributed by atoms with Crippen LogP contribution in [0.4, 0.5) is 5.82 Å². The summed E-state index contributed by atoms with van der Waals surface area (Å²) in [7, 11) is 1.94. The predicted molar refractivity (Wildman–Crippen MR) is 118 cm³/mol. The Balaban J connectivity index is 1.67. The molecule has 0 amide bonds. The van der Waals surface area contributed by atoms with Crippen LogP contribution >= 0.6 is 0 Å². The summed E-state index contributed by atoms with van der Waals surface area (Å²) in [6, 6.07) is 16.6. The van der Waals surface area contributed by atoms with Crippen molar-refractivity contribution in [2.75, 3.05) is 5.73 Å². The van der Waals surface area contributed by atoms with Crippen LogP contribution in [0.25, 0.3) is 33.4 Å². The van der Waals surface area contributed by atoms with Gasteiger partial charge in [-0.1, -0.05) is 12.1 Å². The van der Waals surface area contributed by atoms with Crippen LogP contribution in [0.15, 0.2) is 73.3 Å². The number of hydrogen-bond donors (Lipinski definition) is 2. The van der Waals surface area contributed by atoms with Gasteiger partial charge in [-0.3, -0.25) is 0 Å². The molecule has 0 unspecified atom stereocenters. The van der Waals surface area contributed by atoms with Crippen LogP contribution in [0.5, 0.6) is 17.5 Å². The number of nitrogens with zero attached hydrogens (tertiary/aromatic N) is 5. The van der Waals surface area contributed by atoms with Gasteiger partial charge in [-0.15, -0.1) is 0 Å². The molecule has 0 radical (unpaired) electrons. The molecule has 2 aromatic carbocycles. The van der Waals surface area contributed by atoms with Crippen molar-refractivity contribution in [1.82, 2.24) is 24.5 Å². The lowest BCUT2D eigenvalue weighted by molar-refractivity contribution is 0.442. The minimum absolute atomic E-state index is 0.202. The number of aryl methyl sites for hydroxylation is 1. The zero-order chi connectivity index (χ0) is 21.4. The van der Waals surface area contributed by atoms with Gasteiger partial charge >= 0.3 is 6.01 Å². The van der Waals surface area contributed by atoms with Gasteiger partial charge in [0.25, 0.3) is 0 Å². The van der Waals surface area contributed by atoms with Crippen LogP contribution in [-0.2, 0) is 7.05 Å². The van der Waals surface area contributed by atoms with Gasteiger partial charge in [-0.05, 0) is 53.6 Å². The first-order valence-corrected chi connectivity index (χ1v) is 9.55. The van der Waals surface area contributed by atoms with E-state index in [1.165, 1.54) is 6.33 Å². The number of fused-ring (bicyclic) bond motifs is 1. The molecular formula is C23H18N6O2. The Labute approximate surface area is 177 Å². The largest absolute Gasteiger partial charge is 0.508 e. The molecule has 0 atom stereocenters. The van der Waals surface area contributed by atoms with Gasteiger partial charge < -0.3 is 20.1 Å². The summed E-state index contributed by atoms with van der Waals surface area (Å²) in [5.41, 5.74) is 10.7. The van der Waals surface area contributed by atoms with Crippen LogP contribution in [0.1, 0.15) is 0 Å². The molecule has 0 bridgehead atoms. The van der Waals surface area contributed by atoms with E-state index in [0.717, 1.165) is 33.4 Å². The van der Waals surface area contributed by atoms with E-state index < -0.39 is 0 Å². The highest BCUT2D eigenvalue weighted by Crippen LogP contribution is 2.42. The number of anilines is 1. The minimum atomic E-state index is 0.202. The third kappa shape index (κ3) is 3.29. The summed E-state index contributed by atoms with van der Waals surface area (Å²) >= 11 is 0. The molecular weight excluding hydrogens is 392 g/mol. The van der Waals surface area contributed by atoms with Gasteiger partial charge in [0.2, 0.25) is 0 Å². The number of aromatic hydroxyl groups is 1. The van der Waals surface area contributed by atoms with E-state index in [0.29, 0.717) is 11.6 Å². The van der Waals surface area contributed by atoms with Crippen LogP contribution in [0, 0.1) is 0 Å². The topological polar surface area (TPSA) is 112 Å². The molecule has 0 fully saturated rings. The van der Waals surface area contributed by atoms with E-state index in [1.807, 2.05) is 48.0 Å². The fraction of sp³-hybridized carbons (Fsp3) is 0.0435. The summed E-state index contributed by atoms with van der Waals surface area (Å²) < 4.78 is 7.69. The molecule has 0 saturated carbocycles. The van der Waals surface area contributed by atoms with Gasteiger partial charge in [-0.2, -0.15) is 0 Å². The van der Waals surface area contributed by atoms with Crippen molar-refractivity contribution < 1.29 is 9.84 Å². The second-order valence-electron chi connectivity index (χ2n) is 6.94. The third-order valence-electron chi connectivity index (χ3n) is 5.03. The Hall–Kier alpha value is -4.46. The molecule has 5 rings (SSSR count). The van der Waals surface area contributed by atoms with E-state index in [-0.39, 0.29) is 11.8 Å². The molecule has 3 heterocycles. The molecule has 5 aromatic rings. The maximum absolute atomic E-state index is 9.72. The van der Waals surface area contributed by atoms with E-state index >= 15 is 0 Å². The lowest BCUT2D eigenvalue weighted by Crippen LogP contribution is -1.95. The van der Waals surface area contributed by atoms with Crippen LogP contribution in [0.2, 0.25) is 0 Å². The van der Waals surface area contributed by atoms with Crippen molar-refractivity contribution in [3.05, 3.63) is 73.3 Å². The SMILES string of the molecule is Cn1c(-c2ccc(O)cc2)c(-c2ccc(Oc3ncccn3)cc2)c2c(N)ncnc21. The van der Waals surface area contributed by atoms with E-state index in [2.05, 4.69) is 19.9 Å². The fourth-order valence-electron chi connectivity index (χ4n) is 3.65. The summed E-state index contributed by atoms with van der Waals surface area (Å²) in [6.45, 7) is 0. The first kappa shape index (κ1) is 18.6.